The number of amides is 1. The van der Waals surface area contributed by atoms with E-state index >= 15 is 0 Å². The van der Waals surface area contributed by atoms with E-state index in [0.717, 1.165) is 42.6 Å². The predicted octanol–water partition coefficient (Wildman–Crippen LogP) is 5.91. The van der Waals surface area contributed by atoms with Gasteiger partial charge in [0.15, 0.2) is 0 Å². The molecular weight excluding hydrogens is 408 g/mol. The quantitative estimate of drug-likeness (QED) is 0.552. The van der Waals surface area contributed by atoms with Crippen molar-refractivity contribution in [2.45, 2.75) is 39.7 Å². The molecule has 0 bridgehead atoms. The summed E-state index contributed by atoms with van der Waals surface area (Å²) in [7, 11) is 0. The van der Waals surface area contributed by atoms with E-state index in [0.29, 0.717) is 16.7 Å². The van der Waals surface area contributed by atoms with Gasteiger partial charge in [0.05, 0.1) is 16.9 Å². The van der Waals surface area contributed by atoms with Gasteiger partial charge in [0.25, 0.3) is 0 Å². The lowest BCUT2D eigenvalue weighted by atomic mass is 10.0. The van der Waals surface area contributed by atoms with Gasteiger partial charge in [-0.05, 0) is 30.0 Å². The van der Waals surface area contributed by atoms with Crippen LogP contribution in [0, 0.1) is 0 Å². The van der Waals surface area contributed by atoms with Gasteiger partial charge in [-0.3, -0.25) is 4.79 Å². The lowest BCUT2D eigenvalue weighted by Crippen LogP contribution is -2.41. The molecule has 1 aliphatic heterocycles. The number of carbonyl (C=O) groups is 1. The van der Waals surface area contributed by atoms with Gasteiger partial charge in [0.2, 0.25) is 11.9 Å². The van der Waals surface area contributed by atoms with Gasteiger partial charge in [-0.1, -0.05) is 74.0 Å². The summed E-state index contributed by atoms with van der Waals surface area (Å²) in [5, 5.41) is 3.93. The van der Waals surface area contributed by atoms with Crippen molar-refractivity contribution in [2.75, 3.05) is 18.4 Å². The number of anilines is 1. The Balaban J connectivity index is 0.00000132. The van der Waals surface area contributed by atoms with Crippen LogP contribution in [0.3, 0.4) is 0 Å². The first-order valence-electron chi connectivity index (χ1n) is 10.8. The van der Waals surface area contributed by atoms with Crippen LogP contribution in [0.2, 0.25) is 5.02 Å². The number of benzene rings is 2. The highest BCUT2D eigenvalue weighted by atomic mass is 35.5. The van der Waals surface area contributed by atoms with Crippen LogP contribution in [0.25, 0.3) is 22.4 Å². The molecule has 0 radical (unpaired) electrons. The van der Waals surface area contributed by atoms with Gasteiger partial charge in [0, 0.05) is 31.6 Å². The van der Waals surface area contributed by atoms with E-state index in [2.05, 4.69) is 34.6 Å². The normalized spacial score (nSPS) is 13.9. The second-order valence-electron chi connectivity index (χ2n) is 7.26. The van der Waals surface area contributed by atoms with Crippen LogP contribution < -0.4 is 5.32 Å². The van der Waals surface area contributed by atoms with Gasteiger partial charge >= 0.3 is 0 Å². The fourth-order valence-electron chi connectivity index (χ4n) is 3.64. The number of hydrogen-bond acceptors (Lipinski definition) is 4. The highest BCUT2D eigenvalue weighted by molar-refractivity contribution is 6.32. The molecule has 31 heavy (non-hydrogen) atoms. The van der Waals surface area contributed by atoms with Crippen molar-refractivity contribution < 1.29 is 4.79 Å². The average molecular weight is 437 g/mol. The molecule has 1 saturated heterocycles. The molecule has 5 nitrogen and oxygen atoms in total. The number of carbonyl (C=O) groups excluding carboxylic acids is 1. The summed E-state index contributed by atoms with van der Waals surface area (Å²) < 4.78 is 0. The van der Waals surface area contributed by atoms with Crippen molar-refractivity contribution in [3.8, 4) is 22.4 Å². The molecular formula is C25H29ClN4O. The topological polar surface area (TPSA) is 58.1 Å². The van der Waals surface area contributed by atoms with Crippen molar-refractivity contribution >= 4 is 23.5 Å². The monoisotopic (exact) mass is 436 g/mol. The Bertz CT molecular complexity index is 1000. The van der Waals surface area contributed by atoms with Crippen molar-refractivity contribution in [1.82, 2.24) is 14.9 Å². The largest absolute Gasteiger partial charge is 0.351 e. The van der Waals surface area contributed by atoms with Crippen molar-refractivity contribution in [2.24, 2.45) is 0 Å². The molecule has 162 valence electrons. The van der Waals surface area contributed by atoms with Crippen LogP contribution in [-0.4, -0.2) is 39.9 Å². The van der Waals surface area contributed by atoms with E-state index < -0.39 is 0 Å². The SMILES string of the molecule is CC.CC(=O)N1CCC(Nc2ncc(Cl)c(-c3cccc(-c4ccccc4)c3)n2)CC1. The van der Waals surface area contributed by atoms with E-state index in [9.17, 15) is 4.79 Å². The number of hydrogen-bond donors (Lipinski definition) is 1. The van der Waals surface area contributed by atoms with E-state index in [1.54, 1.807) is 13.1 Å². The highest BCUT2D eigenvalue weighted by Gasteiger charge is 2.21. The Labute approximate surface area is 189 Å². The van der Waals surface area contributed by atoms with Crippen LogP contribution >= 0.6 is 11.6 Å². The number of nitrogens with zero attached hydrogens (tertiary/aromatic N) is 3. The molecule has 0 aliphatic carbocycles. The summed E-state index contributed by atoms with van der Waals surface area (Å²) in [4.78, 5) is 22.4. The molecule has 0 saturated carbocycles. The average Bonchev–Trinajstić information content (AvgIpc) is 2.82. The Hall–Kier alpha value is -2.92. The van der Waals surface area contributed by atoms with Crippen LogP contribution in [0.5, 0.6) is 0 Å². The Morgan fingerprint density at radius 1 is 1.00 bits per heavy atom. The molecule has 0 unspecified atom stereocenters. The molecule has 1 N–H and O–H groups in total. The highest BCUT2D eigenvalue weighted by Crippen LogP contribution is 2.30. The zero-order valence-electron chi connectivity index (χ0n) is 18.3. The number of nitrogens with one attached hydrogen (secondary N) is 1. The fraction of sp³-hybridized carbons (Fsp3) is 0.320. The van der Waals surface area contributed by atoms with Crippen molar-refractivity contribution in [1.29, 1.82) is 0 Å². The van der Waals surface area contributed by atoms with Crippen molar-refractivity contribution in [3.63, 3.8) is 0 Å². The Morgan fingerprint density at radius 3 is 2.32 bits per heavy atom. The molecule has 1 fully saturated rings. The summed E-state index contributed by atoms with van der Waals surface area (Å²) in [6, 6.07) is 18.7. The lowest BCUT2D eigenvalue weighted by Gasteiger charge is -2.31. The van der Waals surface area contributed by atoms with Crippen LogP contribution in [-0.2, 0) is 4.79 Å². The summed E-state index contributed by atoms with van der Waals surface area (Å²) in [5.41, 5.74) is 3.93. The zero-order valence-corrected chi connectivity index (χ0v) is 19.1. The van der Waals surface area contributed by atoms with Gasteiger partial charge in [-0.2, -0.15) is 0 Å². The van der Waals surface area contributed by atoms with Gasteiger partial charge in [-0.25, -0.2) is 9.97 Å². The molecule has 1 aromatic heterocycles. The molecule has 6 heteroatoms. The molecule has 0 spiro atoms. The maximum Gasteiger partial charge on any atom is 0.223 e. The number of piperidine rings is 1. The number of halogens is 1. The molecule has 4 rings (SSSR count). The van der Waals surface area contributed by atoms with Crippen LogP contribution in [0.4, 0.5) is 5.95 Å². The van der Waals surface area contributed by atoms with Crippen molar-refractivity contribution in [3.05, 3.63) is 65.8 Å². The molecule has 2 aromatic carbocycles. The Morgan fingerprint density at radius 2 is 1.65 bits per heavy atom. The number of rotatable bonds is 4. The second kappa shape index (κ2) is 10.9. The zero-order chi connectivity index (χ0) is 22.2. The first kappa shape index (κ1) is 22.8. The molecule has 2 heterocycles. The maximum absolute atomic E-state index is 11.5. The van der Waals surface area contributed by atoms with Crippen LogP contribution in [0.15, 0.2) is 60.8 Å². The molecule has 3 aromatic rings. The third-order valence-electron chi connectivity index (χ3n) is 5.26. The lowest BCUT2D eigenvalue weighted by molar-refractivity contribution is -0.129. The first-order chi connectivity index (χ1) is 15.1. The number of aromatic nitrogens is 2. The minimum Gasteiger partial charge on any atom is -0.351 e. The minimum atomic E-state index is 0.131. The standard InChI is InChI=1S/C23H23ClN4O.C2H6/c1-16(29)28-12-10-20(11-13-28)26-23-25-15-21(24)22(27-23)19-9-5-8-18(14-19)17-6-3-2-4-7-17;1-2/h2-9,14-15,20H,10-13H2,1H3,(H,25,26,27);1-2H3. The van der Waals surface area contributed by atoms with E-state index in [4.69, 9.17) is 16.6 Å². The first-order valence-corrected chi connectivity index (χ1v) is 11.2. The van der Waals surface area contributed by atoms with E-state index in [1.165, 1.54) is 0 Å². The third-order valence-corrected chi connectivity index (χ3v) is 5.54. The molecule has 1 amide bonds. The van der Waals surface area contributed by atoms with Gasteiger partial charge in [-0.15, -0.1) is 0 Å². The third kappa shape index (κ3) is 5.82. The smallest absolute Gasteiger partial charge is 0.223 e. The maximum atomic E-state index is 11.5. The molecule has 1 aliphatic rings. The fourth-order valence-corrected chi connectivity index (χ4v) is 3.84. The van der Waals surface area contributed by atoms with Crippen LogP contribution in [0.1, 0.15) is 33.6 Å². The summed E-state index contributed by atoms with van der Waals surface area (Å²) in [6.45, 7) is 7.13. The summed E-state index contributed by atoms with van der Waals surface area (Å²) >= 11 is 6.43. The van der Waals surface area contributed by atoms with Gasteiger partial charge < -0.3 is 10.2 Å². The van der Waals surface area contributed by atoms with Gasteiger partial charge in [0.1, 0.15) is 0 Å². The molecule has 0 atom stereocenters. The van der Waals surface area contributed by atoms with E-state index in [-0.39, 0.29) is 11.9 Å². The second-order valence-corrected chi connectivity index (χ2v) is 7.67. The number of likely N-dealkylation sites (tertiary alicyclic amines) is 1. The summed E-state index contributed by atoms with van der Waals surface area (Å²) in [6.07, 6.45) is 3.40. The van der Waals surface area contributed by atoms with E-state index in [1.807, 2.05) is 49.1 Å². The predicted molar refractivity (Wildman–Crippen MR) is 128 cm³/mol. The summed E-state index contributed by atoms with van der Waals surface area (Å²) in [5.74, 6) is 0.697. The Kier molecular flexibility index (Phi) is 8.01. The minimum absolute atomic E-state index is 0.131.